The van der Waals surface area contributed by atoms with Crippen molar-refractivity contribution in [3.8, 4) is 0 Å². The molecule has 17 heteroatoms. The van der Waals surface area contributed by atoms with Crippen LogP contribution in [0.4, 0.5) is 5.13 Å². The number of nitrogens with two attached hydrogens (primary N) is 1. The number of anilines is 1. The number of thiazole rings is 1. The monoisotopic (exact) mass is 551 g/mol. The second-order valence-corrected chi connectivity index (χ2v) is 9.71. The van der Waals surface area contributed by atoms with Crippen molar-refractivity contribution in [2.24, 2.45) is 5.16 Å². The Bertz CT molecular complexity index is 1290. The number of esters is 2. The number of rotatable bonds is 8. The van der Waals surface area contributed by atoms with Crippen molar-refractivity contribution < 1.29 is 33.9 Å². The predicted molar refractivity (Wildman–Crippen MR) is 129 cm³/mol. The number of nitrogens with one attached hydrogen (secondary N) is 1. The predicted octanol–water partition coefficient (Wildman–Crippen LogP) is 0.186. The Morgan fingerprint density at radius 3 is 2.78 bits per heavy atom. The second kappa shape index (κ2) is 10.8. The third-order valence-corrected chi connectivity index (χ3v) is 7.34. The van der Waals surface area contributed by atoms with Crippen LogP contribution in [0.15, 0.2) is 33.3 Å². The number of aromatic nitrogens is 3. The molecule has 2 atom stereocenters. The Kier molecular flexibility index (Phi) is 7.61. The fourth-order valence-corrected chi connectivity index (χ4v) is 5.53. The summed E-state index contributed by atoms with van der Waals surface area (Å²) in [4.78, 5) is 54.7. The van der Waals surface area contributed by atoms with E-state index in [1.807, 2.05) is 0 Å². The van der Waals surface area contributed by atoms with E-state index in [0.717, 1.165) is 29.8 Å². The maximum absolute atomic E-state index is 13.0. The van der Waals surface area contributed by atoms with Gasteiger partial charge in [0.2, 0.25) is 6.79 Å². The minimum atomic E-state index is -1.01. The molecular formula is C19H17N7O7S3. The van der Waals surface area contributed by atoms with Gasteiger partial charge in [-0.05, 0) is 23.2 Å². The lowest BCUT2D eigenvalue weighted by Crippen LogP contribution is -2.71. The molecule has 188 valence electrons. The van der Waals surface area contributed by atoms with Gasteiger partial charge in [0.25, 0.3) is 11.8 Å². The number of oxime groups is 1. The molecule has 1 unspecified atom stereocenters. The summed E-state index contributed by atoms with van der Waals surface area (Å²) >= 11 is 3.50. The standard InChI is InChI=1S/C19H17N7O7S3/c1-8(27)32-7-33-18(30)14-9(2-3-10-5-36-25-23-10)4-34-17-13(16(29)26(14)17)22-15(28)12(24-31)11-6-35-19(20)21-11/h2-3,5-6,13,17,31H,4,7H2,1H3,(H2,20,21)(H,22,28)/b3-2+,24-12-/t13?,17-/m1/s1. The topological polar surface area (TPSA) is 199 Å². The summed E-state index contributed by atoms with van der Waals surface area (Å²) in [5.41, 5.74) is 6.18. The Morgan fingerprint density at radius 2 is 2.14 bits per heavy atom. The number of nitrogen functional groups attached to an aromatic ring is 1. The quantitative estimate of drug-likeness (QED) is 0.101. The fraction of sp³-hybridized carbons (Fsp3) is 0.263. The second-order valence-electron chi connectivity index (χ2n) is 7.10. The van der Waals surface area contributed by atoms with E-state index in [4.69, 9.17) is 10.5 Å². The van der Waals surface area contributed by atoms with Crippen LogP contribution in [0, 0.1) is 0 Å². The van der Waals surface area contributed by atoms with Gasteiger partial charge in [-0.25, -0.2) is 9.78 Å². The van der Waals surface area contributed by atoms with Crippen LogP contribution in [-0.2, 0) is 28.7 Å². The molecule has 0 radical (unpaired) electrons. The number of hydrogen-bond acceptors (Lipinski definition) is 15. The lowest BCUT2D eigenvalue weighted by molar-refractivity contribution is -0.166. The van der Waals surface area contributed by atoms with Crippen molar-refractivity contribution in [1.29, 1.82) is 0 Å². The van der Waals surface area contributed by atoms with E-state index in [-0.39, 0.29) is 22.3 Å². The van der Waals surface area contributed by atoms with Gasteiger partial charge in [0.05, 0.1) is 5.69 Å². The molecule has 2 aliphatic heterocycles. The number of amides is 2. The van der Waals surface area contributed by atoms with Gasteiger partial charge >= 0.3 is 11.9 Å². The van der Waals surface area contributed by atoms with Crippen LogP contribution in [0.3, 0.4) is 0 Å². The zero-order valence-corrected chi connectivity index (χ0v) is 20.8. The third kappa shape index (κ3) is 5.21. The smallest absolute Gasteiger partial charge is 0.358 e. The largest absolute Gasteiger partial charge is 0.428 e. The van der Waals surface area contributed by atoms with E-state index < -0.39 is 47.7 Å². The molecule has 14 nitrogen and oxygen atoms in total. The molecular weight excluding hydrogens is 534 g/mol. The van der Waals surface area contributed by atoms with Crippen LogP contribution < -0.4 is 11.1 Å². The molecule has 4 rings (SSSR count). The third-order valence-electron chi connectivity index (χ3n) is 4.84. The highest BCUT2D eigenvalue weighted by Gasteiger charge is 2.54. The van der Waals surface area contributed by atoms with Crippen molar-refractivity contribution >= 4 is 75.3 Å². The average Bonchev–Trinajstić information content (AvgIpc) is 3.52. The van der Waals surface area contributed by atoms with Crippen molar-refractivity contribution in [2.45, 2.75) is 18.3 Å². The summed E-state index contributed by atoms with van der Waals surface area (Å²) in [6, 6.07) is -1.01. The molecule has 0 aromatic carbocycles. The maximum atomic E-state index is 13.0. The van der Waals surface area contributed by atoms with Gasteiger partial charge in [0, 0.05) is 23.4 Å². The van der Waals surface area contributed by atoms with Crippen molar-refractivity contribution in [1.82, 2.24) is 24.8 Å². The van der Waals surface area contributed by atoms with E-state index in [2.05, 4.69) is 29.8 Å². The lowest BCUT2D eigenvalue weighted by atomic mass is 10.0. The molecule has 0 bridgehead atoms. The van der Waals surface area contributed by atoms with E-state index in [1.54, 1.807) is 17.5 Å². The molecule has 4 heterocycles. The minimum absolute atomic E-state index is 0.0517. The van der Waals surface area contributed by atoms with Crippen LogP contribution in [0.5, 0.6) is 0 Å². The van der Waals surface area contributed by atoms with E-state index in [0.29, 0.717) is 11.3 Å². The molecule has 0 spiro atoms. The number of carbonyl (C=O) groups is 4. The van der Waals surface area contributed by atoms with Gasteiger partial charge in [-0.2, -0.15) is 0 Å². The maximum Gasteiger partial charge on any atom is 0.358 e. The molecule has 0 saturated carbocycles. The number of carbonyl (C=O) groups excluding carboxylic acids is 4. The van der Waals surface area contributed by atoms with Gasteiger partial charge in [0.1, 0.15) is 22.8 Å². The van der Waals surface area contributed by atoms with Crippen molar-refractivity contribution in [2.75, 3.05) is 18.3 Å². The van der Waals surface area contributed by atoms with Crippen molar-refractivity contribution in [3.05, 3.63) is 39.5 Å². The van der Waals surface area contributed by atoms with Gasteiger partial charge in [-0.15, -0.1) is 28.2 Å². The van der Waals surface area contributed by atoms with Gasteiger partial charge in [-0.3, -0.25) is 19.3 Å². The number of fused-ring (bicyclic) bond motifs is 1. The molecule has 2 aromatic heterocycles. The van der Waals surface area contributed by atoms with Crippen LogP contribution in [0.25, 0.3) is 6.08 Å². The Balaban J connectivity index is 1.54. The zero-order chi connectivity index (χ0) is 25.8. The summed E-state index contributed by atoms with van der Waals surface area (Å²) < 4.78 is 13.5. The van der Waals surface area contributed by atoms with E-state index >= 15 is 0 Å². The Hall–Kier alpha value is -3.83. The normalized spacial score (nSPS) is 19.6. The van der Waals surface area contributed by atoms with E-state index in [9.17, 15) is 24.4 Å². The fourth-order valence-electron chi connectivity index (χ4n) is 3.24. The number of nitrogens with zero attached hydrogens (tertiary/aromatic N) is 5. The molecule has 2 aliphatic rings. The number of ether oxygens (including phenoxy) is 2. The summed E-state index contributed by atoms with van der Waals surface area (Å²) in [5.74, 6) is -2.67. The zero-order valence-electron chi connectivity index (χ0n) is 18.3. The van der Waals surface area contributed by atoms with Crippen LogP contribution in [-0.4, -0.2) is 78.1 Å². The highest BCUT2D eigenvalue weighted by atomic mass is 32.2. The number of hydrogen-bond donors (Lipinski definition) is 3. The summed E-state index contributed by atoms with van der Waals surface area (Å²) in [6.07, 6.45) is 3.25. The summed E-state index contributed by atoms with van der Waals surface area (Å²) in [6.45, 7) is 0.532. The molecule has 4 N–H and O–H groups in total. The molecule has 1 fully saturated rings. The lowest BCUT2D eigenvalue weighted by Gasteiger charge is -2.49. The minimum Gasteiger partial charge on any atom is -0.428 e. The van der Waals surface area contributed by atoms with Crippen LogP contribution >= 0.6 is 34.6 Å². The Labute approximate surface area is 215 Å². The van der Waals surface area contributed by atoms with Gasteiger partial charge in [0.15, 0.2) is 10.8 Å². The molecule has 36 heavy (non-hydrogen) atoms. The SMILES string of the molecule is CC(=O)OCOC(=O)C1=C(/C=C/c2csnn2)CS[C@@H]2C(NC(=O)/C(=N\O)c3csc(N)n3)C(=O)N12. The molecule has 2 amide bonds. The van der Waals surface area contributed by atoms with Gasteiger partial charge < -0.3 is 25.7 Å². The Morgan fingerprint density at radius 1 is 1.33 bits per heavy atom. The number of thioether (sulfide) groups is 1. The summed E-state index contributed by atoms with van der Waals surface area (Å²) in [7, 11) is 0. The van der Waals surface area contributed by atoms with Gasteiger partial charge in [-0.1, -0.05) is 15.7 Å². The summed E-state index contributed by atoms with van der Waals surface area (Å²) in [5, 5.41) is 21.4. The van der Waals surface area contributed by atoms with E-state index in [1.165, 1.54) is 22.0 Å². The first kappa shape index (κ1) is 25.3. The average molecular weight is 552 g/mol. The molecule has 0 aliphatic carbocycles. The van der Waals surface area contributed by atoms with Crippen molar-refractivity contribution in [3.63, 3.8) is 0 Å². The first-order valence-electron chi connectivity index (χ1n) is 9.98. The number of β-lactam (4-membered cyclic amide) rings is 1. The highest BCUT2D eigenvalue weighted by molar-refractivity contribution is 8.00. The molecule has 2 aromatic rings. The van der Waals surface area contributed by atoms with Crippen LogP contribution in [0.1, 0.15) is 18.3 Å². The van der Waals surface area contributed by atoms with Crippen LogP contribution in [0.2, 0.25) is 0 Å². The highest BCUT2D eigenvalue weighted by Crippen LogP contribution is 2.41. The first-order chi connectivity index (χ1) is 17.3. The first-order valence-corrected chi connectivity index (χ1v) is 12.7. The molecule has 1 saturated heterocycles. The number of allylic oxidation sites excluding steroid dienone is 1.